The van der Waals surface area contributed by atoms with Gasteiger partial charge in [-0.15, -0.1) is 0 Å². The van der Waals surface area contributed by atoms with Crippen molar-refractivity contribution in [3.8, 4) is 0 Å². The molecule has 2 atom stereocenters. The number of nitrogens with zero attached hydrogens (tertiary/aromatic N) is 3. The molecule has 0 bridgehead atoms. The molecule has 20 heavy (non-hydrogen) atoms. The zero-order valence-electron chi connectivity index (χ0n) is 13.9. The maximum absolute atomic E-state index is 5.88. The second-order valence-electron chi connectivity index (χ2n) is 5.71. The van der Waals surface area contributed by atoms with Crippen molar-refractivity contribution in [2.75, 3.05) is 13.1 Å². The van der Waals surface area contributed by atoms with Crippen LogP contribution in [-0.4, -0.2) is 39.4 Å². The normalized spacial score (nSPS) is 16.4. The van der Waals surface area contributed by atoms with Crippen LogP contribution < -0.4 is 11.3 Å². The number of hydrazine groups is 1. The highest BCUT2D eigenvalue weighted by atomic mass is 15.3. The molecule has 0 fully saturated rings. The largest absolute Gasteiger partial charge is 0.297 e. The second kappa shape index (κ2) is 7.20. The van der Waals surface area contributed by atoms with Crippen LogP contribution >= 0.6 is 0 Å². The first-order valence-corrected chi connectivity index (χ1v) is 7.63. The summed E-state index contributed by atoms with van der Waals surface area (Å²) in [7, 11) is 2.00. The molecule has 0 saturated carbocycles. The number of likely N-dealkylation sites (N-methyl/N-ethyl adjacent to an activating group) is 1. The van der Waals surface area contributed by atoms with Crippen LogP contribution in [-0.2, 0) is 13.5 Å². The van der Waals surface area contributed by atoms with Crippen molar-refractivity contribution in [2.45, 2.75) is 59.0 Å². The van der Waals surface area contributed by atoms with E-state index >= 15 is 0 Å². The lowest BCUT2D eigenvalue weighted by atomic mass is 9.84. The summed E-state index contributed by atoms with van der Waals surface area (Å²) in [6.07, 6.45) is 1.94. The molecule has 116 valence electrons. The third-order valence-electron chi connectivity index (χ3n) is 4.67. The maximum Gasteiger partial charge on any atom is 0.0596 e. The standard InChI is InChI=1S/C15H31N5/c1-7-15(5,20(8-2)9-3)14(17-16)11-13-10-12(4)18-19(13)6/h10,14,17H,7-9,11,16H2,1-6H3. The topological polar surface area (TPSA) is 59.1 Å². The summed E-state index contributed by atoms with van der Waals surface area (Å²) in [5.41, 5.74) is 5.36. The Morgan fingerprint density at radius 3 is 2.35 bits per heavy atom. The minimum absolute atomic E-state index is 0.0381. The average Bonchev–Trinajstić information content (AvgIpc) is 2.75. The molecule has 0 aliphatic rings. The highest BCUT2D eigenvalue weighted by Gasteiger charge is 2.36. The molecule has 3 N–H and O–H groups in total. The van der Waals surface area contributed by atoms with Crippen molar-refractivity contribution in [2.24, 2.45) is 12.9 Å². The van der Waals surface area contributed by atoms with Gasteiger partial charge < -0.3 is 0 Å². The third kappa shape index (κ3) is 3.40. The van der Waals surface area contributed by atoms with E-state index in [1.807, 2.05) is 18.7 Å². The Bertz CT molecular complexity index is 410. The van der Waals surface area contributed by atoms with E-state index in [1.165, 1.54) is 5.69 Å². The Kier molecular flexibility index (Phi) is 6.17. The van der Waals surface area contributed by atoms with Crippen LogP contribution in [0.25, 0.3) is 0 Å². The fraction of sp³-hybridized carbons (Fsp3) is 0.800. The fourth-order valence-electron chi connectivity index (χ4n) is 3.16. The van der Waals surface area contributed by atoms with E-state index in [1.54, 1.807) is 0 Å². The van der Waals surface area contributed by atoms with Crippen LogP contribution in [0.2, 0.25) is 0 Å². The van der Waals surface area contributed by atoms with Crippen molar-refractivity contribution in [3.05, 3.63) is 17.5 Å². The predicted molar refractivity (Wildman–Crippen MR) is 84.4 cm³/mol. The fourth-order valence-corrected chi connectivity index (χ4v) is 3.16. The Balaban J connectivity index is 3.00. The number of hydrogen-bond acceptors (Lipinski definition) is 4. The minimum Gasteiger partial charge on any atom is -0.297 e. The van der Waals surface area contributed by atoms with Crippen LogP contribution in [0.5, 0.6) is 0 Å². The zero-order chi connectivity index (χ0) is 15.3. The van der Waals surface area contributed by atoms with Gasteiger partial charge in [-0.1, -0.05) is 20.8 Å². The number of rotatable bonds is 8. The van der Waals surface area contributed by atoms with Gasteiger partial charge in [0.2, 0.25) is 0 Å². The van der Waals surface area contributed by atoms with E-state index in [0.29, 0.717) is 0 Å². The van der Waals surface area contributed by atoms with Gasteiger partial charge in [-0.2, -0.15) is 5.10 Å². The van der Waals surface area contributed by atoms with Crippen LogP contribution in [0.15, 0.2) is 6.07 Å². The molecular weight excluding hydrogens is 250 g/mol. The quantitative estimate of drug-likeness (QED) is 0.561. The molecule has 5 heteroatoms. The molecule has 0 radical (unpaired) electrons. The smallest absolute Gasteiger partial charge is 0.0596 e. The van der Waals surface area contributed by atoms with Gasteiger partial charge in [0.15, 0.2) is 0 Å². The van der Waals surface area contributed by atoms with E-state index in [4.69, 9.17) is 5.84 Å². The summed E-state index contributed by atoms with van der Waals surface area (Å²) < 4.78 is 1.96. The zero-order valence-corrected chi connectivity index (χ0v) is 13.9. The van der Waals surface area contributed by atoms with Crippen molar-refractivity contribution < 1.29 is 0 Å². The monoisotopic (exact) mass is 281 g/mol. The Morgan fingerprint density at radius 1 is 1.40 bits per heavy atom. The molecule has 1 rings (SSSR count). The van der Waals surface area contributed by atoms with Gasteiger partial charge in [-0.25, -0.2) is 0 Å². The summed E-state index contributed by atoms with van der Waals surface area (Å²) in [6, 6.07) is 2.34. The third-order valence-corrected chi connectivity index (χ3v) is 4.67. The van der Waals surface area contributed by atoms with Crippen LogP contribution in [0.1, 0.15) is 45.5 Å². The first-order chi connectivity index (χ1) is 9.42. The van der Waals surface area contributed by atoms with E-state index in [9.17, 15) is 0 Å². The molecule has 1 aromatic rings. The maximum atomic E-state index is 5.88. The van der Waals surface area contributed by atoms with E-state index < -0.39 is 0 Å². The Morgan fingerprint density at radius 2 is 2.00 bits per heavy atom. The number of nitrogens with one attached hydrogen (secondary N) is 1. The summed E-state index contributed by atoms with van der Waals surface area (Å²) in [5, 5.41) is 4.43. The van der Waals surface area contributed by atoms with Gasteiger partial charge in [-0.05, 0) is 39.4 Å². The lowest BCUT2D eigenvalue weighted by Gasteiger charge is -2.45. The van der Waals surface area contributed by atoms with Crippen LogP contribution in [0, 0.1) is 6.92 Å². The van der Waals surface area contributed by atoms with Crippen LogP contribution in [0.3, 0.4) is 0 Å². The van der Waals surface area contributed by atoms with Gasteiger partial charge in [-0.3, -0.25) is 20.9 Å². The highest BCUT2D eigenvalue weighted by molar-refractivity contribution is 5.12. The second-order valence-corrected chi connectivity index (χ2v) is 5.71. The molecule has 0 aromatic carbocycles. The molecule has 0 saturated heterocycles. The molecule has 1 heterocycles. The van der Waals surface area contributed by atoms with Crippen molar-refractivity contribution >= 4 is 0 Å². The molecule has 2 unspecified atom stereocenters. The van der Waals surface area contributed by atoms with Gasteiger partial charge in [0.05, 0.1) is 5.69 Å². The lowest BCUT2D eigenvalue weighted by Crippen LogP contribution is -2.61. The molecule has 0 amide bonds. The number of aryl methyl sites for hydroxylation is 2. The van der Waals surface area contributed by atoms with E-state index in [0.717, 1.165) is 31.6 Å². The minimum atomic E-state index is 0.0381. The van der Waals surface area contributed by atoms with Crippen molar-refractivity contribution in [1.82, 2.24) is 20.1 Å². The first-order valence-electron chi connectivity index (χ1n) is 7.63. The highest BCUT2D eigenvalue weighted by Crippen LogP contribution is 2.25. The molecular formula is C15H31N5. The van der Waals surface area contributed by atoms with Crippen LogP contribution in [0.4, 0.5) is 0 Å². The molecule has 0 spiro atoms. The lowest BCUT2D eigenvalue weighted by molar-refractivity contribution is 0.0694. The SMILES string of the molecule is CCN(CC)C(C)(CC)C(Cc1cc(C)nn1C)NN. The van der Waals surface area contributed by atoms with E-state index in [-0.39, 0.29) is 11.6 Å². The van der Waals surface area contributed by atoms with Gasteiger partial charge >= 0.3 is 0 Å². The number of aromatic nitrogens is 2. The first kappa shape index (κ1) is 17.1. The van der Waals surface area contributed by atoms with Crippen molar-refractivity contribution in [3.63, 3.8) is 0 Å². The summed E-state index contributed by atoms with van der Waals surface area (Å²) in [6.45, 7) is 13.0. The van der Waals surface area contributed by atoms with Crippen molar-refractivity contribution in [1.29, 1.82) is 0 Å². The molecule has 5 nitrogen and oxygen atoms in total. The van der Waals surface area contributed by atoms with Gasteiger partial charge in [0.1, 0.15) is 0 Å². The Labute approximate surface area is 123 Å². The number of hydrogen-bond donors (Lipinski definition) is 2. The number of nitrogens with two attached hydrogens (primary N) is 1. The van der Waals surface area contributed by atoms with Gasteiger partial charge in [0.25, 0.3) is 0 Å². The molecule has 0 aliphatic carbocycles. The average molecular weight is 281 g/mol. The van der Waals surface area contributed by atoms with E-state index in [2.05, 4.69) is 49.2 Å². The Hall–Kier alpha value is -0.910. The summed E-state index contributed by atoms with van der Waals surface area (Å²) >= 11 is 0. The summed E-state index contributed by atoms with van der Waals surface area (Å²) in [5.74, 6) is 5.88. The molecule has 0 aliphatic heterocycles. The molecule has 1 aromatic heterocycles. The summed E-state index contributed by atoms with van der Waals surface area (Å²) in [4.78, 5) is 2.49. The predicted octanol–water partition coefficient (Wildman–Crippen LogP) is 1.61. The van der Waals surface area contributed by atoms with Gasteiger partial charge in [0, 0.05) is 30.7 Å².